The number of ether oxygens (including phenoxy) is 1. The maximum absolute atomic E-state index is 12.5. The molecule has 0 aliphatic carbocycles. The van der Waals surface area contributed by atoms with Crippen molar-refractivity contribution in [1.82, 2.24) is 9.78 Å². The highest BCUT2D eigenvalue weighted by Gasteiger charge is 2.20. The summed E-state index contributed by atoms with van der Waals surface area (Å²) in [5.74, 6) is -0.753. The van der Waals surface area contributed by atoms with Crippen LogP contribution in [0, 0.1) is 0 Å². The Morgan fingerprint density at radius 2 is 1.86 bits per heavy atom. The number of para-hydroxylation sites is 1. The largest absolute Gasteiger partial charge is 0.462 e. The highest BCUT2D eigenvalue weighted by atomic mass is 35.5. The van der Waals surface area contributed by atoms with E-state index in [2.05, 4.69) is 10.4 Å². The number of nitrogens with zero attached hydrogens (tertiary/aromatic N) is 2. The molecule has 0 aliphatic rings. The van der Waals surface area contributed by atoms with E-state index < -0.39 is 11.9 Å². The molecular weight excluding hydrogens is 378 g/mol. The molecule has 3 rings (SSSR count). The van der Waals surface area contributed by atoms with Crippen LogP contribution in [0.15, 0.2) is 66.9 Å². The lowest BCUT2D eigenvalue weighted by Gasteiger charge is -2.10. The van der Waals surface area contributed by atoms with Crippen LogP contribution < -0.4 is 5.32 Å². The number of benzene rings is 2. The second-order valence-corrected chi connectivity index (χ2v) is 6.13. The molecule has 1 amide bonds. The molecule has 28 heavy (non-hydrogen) atoms. The SMILES string of the molecule is CCOC(=O)c1cnn(-c2ccccc2)c1NC(=O)/C=C/c1ccccc1Cl. The van der Waals surface area contributed by atoms with Crippen LogP contribution in [0.3, 0.4) is 0 Å². The number of amides is 1. The Morgan fingerprint density at radius 1 is 1.14 bits per heavy atom. The summed E-state index contributed by atoms with van der Waals surface area (Å²) in [4.78, 5) is 24.7. The van der Waals surface area contributed by atoms with Crippen molar-refractivity contribution in [3.05, 3.63) is 83.0 Å². The lowest BCUT2D eigenvalue weighted by molar-refractivity contribution is -0.111. The van der Waals surface area contributed by atoms with Gasteiger partial charge >= 0.3 is 5.97 Å². The van der Waals surface area contributed by atoms with E-state index in [1.807, 2.05) is 42.5 Å². The molecule has 1 heterocycles. The third kappa shape index (κ3) is 4.47. The Morgan fingerprint density at radius 3 is 2.57 bits per heavy atom. The van der Waals surface area contributed by atoms with E-state index in [4.69, 9.17) is 16.3 Å². The minimum atomic E-state index is -0.560. The Bertz CT molecular complexity index is 1010. The number of halogens is 1. The third-order valence-corrected chi connectivity index (χ3v) is 4.17. The molecule has 0 saturated heterocycles. The van der Waals surface area contributed by atoms with Crippen molar-refractivity contribution in [3.63, 3.8) is 0 Å². The number of anilines is 1. The third-order valence-electron chi connectivity index (χ3n) is 3.83. The van der Waals surface area contributed by atoms with Gasteiger partial charge in [-0.25, -0.2) is 9.48 Å². The van der Waals surface area contributed by atoms with Crippen molar-refractivity contribution in [2.75, 3.05) is 11.9 Å². The van der Waals surface area contributed by atoms with E-state index in [0.717, 1.165) is 0 Å². The van der Waals surface area contributed by atoms with Crippen LogP contribution in [0.5, 0.6) is 0 Å². The molecule has 2 aromatic carbocycles. The van der Waals surface area contributed by atoms with Crippen molar-refractivity contribution >= 4 is 35.4 Å². The zero-order chi connectivity index (χ0) is 19.9. The highest BCUT2D eigenvalue weighted by Crippen LogP contribution is 2.22. The minimum absolute atomic E-state index is 0.171. The second kappa shape index (κ2) is 9.01. The predicted molar refractivity (Wildman–Crippen MR) is 109 cm³/mol. The Hall–Kier alpha value is -3.38. The zero-order valence-electron chi connectivity index (χ0n) is 15.1. The molecular formula is C21H18ClN3O3. The van der Waals surface area contributed by atoms with Crippen molar-refractivity contribution in [2.24, 2.45) is 0 Å². The van der Waals surface area contributed by atoms with Gasteiger partial charge in [0.05, 0.1) is 18.5 Å². The summed E-state index contributed by atoms with van der Waals surface area (Å²) in [5.41, 5.74) is 1.58. The van der Waals surface area contributed by atoms with Crippen molar-refractivity contribution in [3.8, 4) is 5.69 Å². The zero-order valence-corrected chi connectivity index (χ0v) is 15.9. The monoisotopic (exact) mass is 395 g/mol. The van der Waals surface area contributed by atoms with Crippen LogP contribution in [-0.4, -0.2) is 28.3 Å². The van der Waals surface area contributed by atoms with E-state index >= 15 is 0 Å². The minimum Gasteiger partial charge on any atom is -0.462 e. The van der Waals surface area contributed by atoms with Crippen LogP contribution in [0.1, 0.15) is 22.8 Å². The predicted octanol–water partition coefficient (Wildman–Crippen LogP) is 4.35. The smallest absolute Gasteiger partial charge is 0.343 e. The van der Waals surface area contributed by atoms with Crippen LogP contribution >= 0.6 is 11.6 Å². The topological polar surface area (TPSA) is 73.2 Å². The van der Waals surface area contributed by atoms with Gasteiger partial charge in [0.2, 0.25) is 5.91 Å². The first-order chi connectivity index (χ1) is 13.6. The average Bonchev–Trinajstić information content (AvgIpc) is 3.12. The Balaban J connectivity index is 1.90. The van der Waals surface area contributed by atoms with Gasteiger partial charge < -0.3 is 10.1 Å². The number of esters is 1. The number of carbonyl (C=O) groups excluding carboxylic acids is 2. The number of nitrogens with one attached hydrogen (secondary N) is 1. The summed E-state index contributed by atoms with van der Waals surface area (Å²) >= 11 is 6.10. The van der Waals surface area contributed by atoms with Gasteiger partial charge in [-0.1, -0.05) is 48.0 Å². The number of hydrogen-bond donors (Lipinski definition) is 1. The van der Waals surface area contributed by atoms with Gasteiger partial charge in [-0.05, 0) is 36.8 Å². The number of carbonyl (C=O) groups is 2. The summed E-state index contributed by atoms with van der Waals surface area (Å²) in [6.45, 7) is 1.93. The molecule has 6 nitrogen and oxygen atoms in total. The van der Waals surface area contributed by atoms with Gasteiger partial charge in [-0.2, -0.15) is 5.10 Å². The molecule has 1 aromatic heterocycles. The summed E-state index contributed by atoms with van der Waals surface area (Å²) in [5, 5.41) is 7.48. The quantitative estimate of drug-likeness (QED) is 0.497. The number of hydrogen-bond acceptors (Lipinski definition) is 4. The average molecular weight is 396 g/mol. The second-order valence-electron chi connectivity index (χ2n) is 5.72. The maximum atomic E-state index is 12.5. The van der Waals surface area contributed by atoms with E-state index in [1.165, 1.54) is 17.0 Å². The summed E-state index contributed by atoms with van der Waals surface area (Å²) in [7, 11) is 0. The molecule has 0 fully saturated rings. The van der Waals surface area contributed by atoms with Gasteiger partial charge in [-0.3, -0.25) is 4.79 Å². The summed E-state index contributed by atoms with van der Waals surface area (Å²) in [6, 6.07) is 16.3. The van der Waals surface area contributed by atoms with Crippen molar-refractivity contribution in [1.29, 1.82) is 0 Å². The van der Waals surface area contributed by atoms with Crippen LogP contribution in [0.4, 0.5) is 5.82 Å². The first-order valence-electron chi connectivity index (χ1n) is 8.64. The van der Waals surface area contributed by atoms with E-state index in [1.54, 1.807) is 25.1 Å². The van der Waals surface area contributed by atoms with Crippen molar-refractivity contribution < 1.29 is 14.3 Å². The fourth-order valence-corrected chi connectivity index (χ4v) is 2.72. The van der Waals surface area contributed by atoms with E-state index in [0.29, 0.717) is 16.3 Å². The Kier molecular flexibility index (Phi) is 6.24. The molecule has 3 aromatic rings. The van der Waals surface area contributed by atoms with E-state index in [-0.39, 0.29) is 18.0 Å². The first kappa shape index (κ1) is 19.4. The molecule has 0 radical (unpaired) electrons. The van der Waals surface area contributed by atoms with Gasteiger partial charge in [0, 0.05) is 11.1 Å². The number of aromatic nitrogens is 2. The number of rotatable bonds is 6. The molecule has 0 bridgehead atoms. The molecule has 0 atom stereocenters. The Labute approximate surface area is 167 Å². The molecule has 0 saturated carbocycles. The van der Waals surface area contributed by atoms with Crippen LogP contribution in [0.2, 0.25) is 5.02 Å². The van der Waals surface area contributed by atoms with Gasteiger partial charge in [-0.15, -0.1) is 0 Å². The van der Waals surface area contributed by atoms with Gasteiger partial charge in [0.25, 0.3) is 0 Å². The fourth-order valence-electron chi connectivity index (χ4n) is 2.53. The summed E-state index contributed by atoms with van der Waals surface area (Å²) in [6.07, 6.45) is 4.32. The van der Waals surface area contributed by atoms with Crippen LogP contribution in [0.25, 0.3) is 11.8 Å². The van der Waals surface area contributed by atoms with E-state index in [9.17, 15) is 9.59 Å². The van der Waals surface area contributed by atoms with Gasteiger partial charge in [0.15, 0.2) is 5.82 Å². The molecule has 1 N–H and O–H groups in total. The lowest BCUT2D eigenvalue weighted by atomic mass is 10.2. The normalized spacial score (nSPS) is 10.8. The molecule has 0 unspecified atom stereocenters. The molecule has 0 aliphatic heterocycles. The highest BCUT2D eigenvalue weighted by molar-refractivity contribution is 6.32. The fraction of sp³-hybridized carbons (Fsp3) is 0.0952. The molecule has 0 spiro atoms. The lowest BCUT2D eigenvalue weighted by Crippen LogP contribution is -2.16. The van der Waals surface area contributed by atoms with Crippen LogP contribution in [-0.2, 0) is 9.53 Å². The molecule has 142 valence electrons. The maximum Gasteiger partial charge on any atom is 0.343 e. The van der Waals surface area contributed by atoms with Crippen molar-refractivity contribution in [2.45, 2.75) is 6.92 Å². The van der Waals surface area contributed by atoms with Gasteiger partial charge in [0.1, 0.15) is 5.56 Å². The first-order valence-corrected chi connectivity index (χ1v) is 9.02. The standard InChI is InChI=1S/C21H18ClN3O3/c1-2-28-21(27)17-14-23-25(16-9-4-3-5-10-16)20(17)24-19(26)13-12-15-8-6-7-11-18(15)22/h3-14H,2H2,1H3,(H,24,26)/b13-12+. The summed E-state index contributed by atoms with van der Waals surface area (Å²) < 4.78 is 6.55. The molecule has 7 heteroatoms.